The van der Waals surface area contributed by atoms with Crippen LogP contribution in [0.3, 0.4) is 0 Å². The third-order valence-electron chi connectivity index (χ3n) is 3.87. The van der Waals surface area contributed by atoms with Gasteiger partial charge >= 0.3 is 0 Å². The van der Waals surface area contributed by atoms with Crippen molar-refractivity contribution in [1.82, 2.24) is 5.32 Å². The summed E-state index contributed by atoms with van der Waals surface area (Å²) >= 11 is 0. The summed E-state index contributed by atoms with van der Waals surface area (Å²) in [5, 5.41) is 2.92. The van der Waals surface area contributed by atoms with Crippen molar-refractivity contribution in [3.63, 3.8) is 0 Å². The van der Waals surface area contributed by atoms with Crippen LogP contribution >= 0.6 is 0 Å². The molecule has 1 amide bonds. The first kappa shape index (κ1) is 17.0. The highest BCUT2D eigenvalue weighted by molar-refractivity contribution is 5.78. The highest BCUT2D eigenvalue weighted by Gasteiger charge is 2.17. The number of carbonyl (C=O) groups is 1. The van der Waals surface area contributed by atoms with E-state index in [1.54, 1.807) is 0 Å². The number of hydrogen-bond donors (Lipinski definition) is 2. The predicted octanol–water partition coefficient (Wildman–Crippen LogP) is 2.87. The van der Waals surface area contributed by atoms with E-state index in [1.165, 1.54) is 0 Å². The molecule has 0 aliphatic rings. The molecule has 122 valence electrons. The van der Waals surface area contributed by atoms with Gasteiger partial charge in [-0.3, -0.25) is 4.79 Å². The first-order valence-electron chi connectivity index (χ1n) is 7.86. The van der Waals surface area contributed by atoms with Gasteiger partial charge in [-0.05, 0) is 18.6 Å². The number of nitrogens with one attached hydrogen (secondary N) is 1. The first-order chi connectivity index (χ1) is 11.1. The van der Waals surface area contributed by atoms with E-state index in [1.807, 2.05) is 68.4 Å². The summed E-state index contributed by atoms with van der Waals surface area (Å²) in [5.41, 5.74) is 7.82. The van der Waals surface area contributed by atoms with Crippen molar-refractivity contribution in [3.8, 4) is 5.75 Å². The van der Waals surface area contributed by atoms with Gasteiger partial charge in [0, 0.05) is 24.1 Å². The van der Waals surface area contributed by atoms with Crippen LogP contribution in [-0.4, -0.2) is 11.9 Å². The second kappa shape index (κ2) is 8.34. The minimum atomic E-state index is -0.215. The Bertz CT molecular complexity index is 626. The van der Waals surface area contributed by atoms with Gasteiger partial charge in [0.2, 0.25) is 5.91 Å². The molecule has 23 heavy (non-hydrogen) atoms. The molecule has 0 saturated heterocycles. The van der Waals surface area contributed by atoms with Gasteiger partial charge in [-0.2, -0.15) is 0 Å². The van der Waals surface area contributed by atoms with Gasteiger partial charge in [-0.1, -0.05) is 55.5 Å². The van der Waals surface area contributed by atoms with Crippen LogP contribution in [-0.2, 0) is 17.9 Å². The predicted molar refractivity (Wildman–Crippen MR) is 91.9 cm³/mol. The van der Waals surface area contributed by atoms with E-state index in [0.29, 0.717) is 13.2 Å². The number of nitrogens with two attached hydrogens (primary N) is 1. The second-order valence-electron chi connectivity index (χ2n) is 5.75. The normalized spacial score (nSPS) is 13.2. The minimum absolute atomic E-state index is 0.0436. The van der Waals surface area contributed by atoms with Crippen molar-refractivity contribution < 1.29 is 9.53 Å². The van der Waals surface area contributed by atoms with Gasteiger partial charge < -0.3 is 15.8 Å². The van der Waals surface area contributed by atoms with Gasteiger partial charge in [0.15, 0.2) is 0 Å². The highest BCUT2D eigenvalue weighted by atomic mass is 16.5. The molecule has 2 rings (SSSR count). The van der Waals surface area contributed by atoms with Crippen LogP contribution in [0.5, 0.6) is 5.75 Å². The highest BCUT2D eigenvalue weighted by Crippen LogP contribution is 2.19. The quantitative estimate of drug-likeness (QED) is 0.826. The zero-order chi connectivity index (χ0) is 16.7. The molecule has 0 bridgehead atoms. The largest absolute Gasteiger partial charge is 0.489 e. The van der Waals surface area contributed by atoms with Crippen LogP contribution in [0.4, 0.5) is 0 Å². The Morgan fingerprint density at radius 3 is 2.43 bits per heavy atom. The maximum atomic E-state index is 12.0. The molecule has 0 fully saturated rings. The van der Waals surface area contributed by atoms with Crippen molar-refractivity contribution >= 4 is 5.91 Å². The van der Waals surface area contributed by atoms with Crippen molar-refractivity contribution in [2.45, 2.75) is 33.0 Å². The average Bonchev–Trinajstić information content (AvgIpc) is 2.58. The van der Waals surface area contributed by atoms with Crippen molar-refractivity contribution in [1.29, 1.82) is 0 Å². The Morgan fingerprint density at radius 2 is 1.74 bits per heavy atom. The summed E-state index contributed by atoms with van der Waals surface area (Å²) in [6.07, 6.45) is 0. The standard InChI is InChI=1S/C19H24N2O2/c1-14(15(2)20)19(22)21-12-17-10-6-7-11-18(17)23-13-16-8-4-3-5-9-16/h3-11,14-15H,12-13,20H2,1-2H3,(H,21,22). The van der Waals surface area contributed by atoms with Crippen LogP contribution in [0.2, 0.25) is 0 Å². The van der Waals surface area contributed by atoms with E-state index in [4.69, 9.17) is 10.5 Å². The fourth-order valence-electron chi connectivity index (χ4n) is 2.11. The lowest BCUT2D eigenvalue weighted by molar-refractivity contribution is -0.125. The molecule has 2 aromatic rings. The van der Waals surface area contributed by atoms with Gasteiger partial charge in [0.05, 0.1) is 0 Å². The average molecular weight is 312 g/mol. The third kappa shape index (κ3) is 5.11. The number of benzene rings is 2. The van der Waals surface area contributed by atoms with Crippen LogP contribution in [0.1, 0.15) is 25.0 Å². The maximum Gasteiger partial charge on any atom is 0.224 e. The zero-order valence-corrected chi connectivity index (χ0v) is 13.7. The van der Waals surface area contributed by atoms with E-state index >= 15 is 0 Å². The lowest BCUT2D eigenvalue weighted by Gasteiger charge is -2.16. The molecule has 2 unspecified atom stereocenters. The second-order valence-corrected chi connectivity index (χ2v) is 5.75. The third-order valence-corrected chi connectivity index (χ3v) is 3.87. The van der Waals surface area contributed by atoms with Gasteiger partial charge in [-0.25, -0.2) is 0 Å². The summed E-state index contributed by atoms with van der Waals surface area (Å²) in [4.78, 5) is 12.0. The summed E-state index contributed by atoms with van der Waals surface area (Å²) in [6.45, 7) is 4.60. The smallest absolute Gasteiger partial charge is 0.224 e. The Morgan fingerprint density at radius 1 is 1.09 bits per heavy atom. The molecule has 0 aliphatic carbocycles. The Kier molecular flexibility index (Phi) is 6.18. The number of carbonyl (C=O) groups excluding carboxylic acids is 1. The SMILES string of the molecule is CC(N)C(C)C(=O)NCc1ccccc1OCc1ccccc1. The maximum absolute atomic E-state index is 12.0. The number of para-hydroxylation sites is 1. The van der Waals surface area contributed by atoms with Gasteiger partial charge in [-0.15, -0.1) is 0 Å². The molecular formula is C19H24N2O2. The Balaban J connectivity index is 1.96. The molecule has 2 atom stereocenters. The van der Waals surface area contributed by atoms with Crippen LogP contribution in [0.15, 0.2) is 54.6 Å². The number of amides is 1. The number of rotatable bonds is 7. The summed E-state index contributed by atoms with van der Waals surface area (Å²) in [7, 11) is 0. The fourth-order valence-corrected chi connectivity index (χ4v) is 2.11. The topological polar surface area (TPSA) is 64.4 Å². The molecule has 2 aromatic carbocycles. The summed E-state index contributed by atoms with van der Waals surface area (Å²) in [6, 6.07) is 17.6. The number of ether oxygens (including phenoxy) is 1. The zero-order valence-electron chi connectivity index (χ0n) is 13.7. The monoisotopic (exact) mass is 312 g/mol. The van der Waals surface area contributed by atoms with Crippen molar-refractivity contribution in [2.75, 3.05) is 0 Å². The van der Waals surface area contributed by atoms with E-state index in [2.05, 4.69) is 5.32 Å². The lowest BCUT2D eigenvalue weighted by atomic mass is 10.0. The first-order valence-corrected chi connectivity index (χ1v) is 7.86. The molecule has 0 heterocycles. The van der Waals surface area contributed by atoms with Crippen molar-refractivity contribution in [2.24, 2.45) is 11.7 Å². The van der Waals surface area contributed by atoms with E-state index in [9.17, 15) is 4.79 Å². The minimum Gasteiger partial charge on any atom is -0.489 e. The molecular weight excluding hydrogens is 288 g/mol. The molecule has 3 N–H and O–H groups in total. The Labute approximate surface area is 137 Å². The van der Waals surface area contributed by atoms with Crippen LogP contribution in [0.25, 0.3) is 0 Å². The molecule has 0 saturated carbocycles. The summed E-state index contributed by atoms with van der Waals surface area (Å²) in [5.74, 6) is 0.523. The lowest BCUT2D eigenvalue weighted by Crippen LogP contribution is -2.38. The van der Waals surface area contributed by atoms with Gasteiger partial charge in [0.25, 0.3) is 0 Å². The number of hydrogen-bond acceptors (Lipinski definition) is 3. The van der Waals surface area contributed by atoms with Crippen LogP contribution in [0, 0.1) is 5.92 Å². The van der Waals surface area contributed by atoms with E-state index < -0.39 is 0 Å². The fraction of sp³-hybridized carbons (Fsp3) is 0.316. The molecule has 0 spiro atoms. The van der Waals surface area contributed by atoms with E-state index in [-0.39, 0.29) is 17.9 Å². The molecule has 0 aromatic heterocycles. The molecule has 0 radical (unpaired) electrons. The van der Waals surface area contributed by atoms with Crippen LogP contribution < -0.4 is 15.8 Å². The summed E-state index contributed by atoms with van der Waals surface area (Å²) < 4.78 is 5.89. The van der Waals surface area contributed by atoms with E-state index in [0.717, 1.165) is 16.9 Å². The van der Waals surface area contributed by atoms with Gasteiger partial charge in [0.1, 0.15) is 12.4 Å². The molecule has 4 heteroatoms. The van der Waals surface area contributed by atoms with Crippen molar-refractivity contribution in [3.05, 3.63) is 65.7 Å². The molecule has 0 aliphatic heterocycles. The Hall–Kier alpha value is -2.33. The molecule has 4 nitrogen and oxygen atoms in total.